The Morgan fingerprint density at radius 1 is 1.24 bits per heavy atom. The molecule has 0 bridgehead atoms. The fourth-order valence-electron chi connectivity index (χ4n) is 2.79. The largest absolute Gasteiger partial charge is 0.317 e. The van der Waals surface area contributed by atoms with E-state index in [1.807, 2.05) is 18.2 Å². The van der Waals surface area contributed by atoms with Crippen molar-refractivity contribution < 1.29 is 8.42 Å². The maximum Gasteiger partial charge on any atom is 0.214 e. The van der Waals surface area contributed by atoms with Gasteiger partial charge in [-0.15, -0.1) is 0 Å². The smallest absolute Gasteiger partial charge is 0.214 e. The first-order valence-electron chi connectivity index (χ1n) is 7.87. The molecule has 1 aliphatic rings. The number of nitrogens with zero attached hydrogens (tertiary/aromatic N) is 1. The molecule has 2 rings (SSSR count). The summed E-state index contributed by atoms with van der Waals surface area (Å²) in [6, 6.07) is 10.2. The van der Waals surface area contributed by atoms with Crippen molar-refractivity contribution in [1.82, 2.24) is 9.62 Å². The monoisotopic (exact) mass is 310 g/mol. The zero-order chi connectivity index (χ0) is 15.1. The highest BCUT2D eigenvalue weighted by Gasteiger charge is 2.31. The van der Waals surface area contributed by atoms with Crippen molar-refractivity contribution in [3.8, 4) is 0 Å². The lowest BCUT2D eigenvalue weighted by molar-refractivity contribution is 0.470. The fraction of sp³-hybridized carbons (Fsp3) is 0.625. The molecule has 0 amide bonds. The molecule has 1 aliphatic heterocycles. The van der Waals surface area contributed by atoms with Crippen molar-refractivity contribution in [3.63, 3.8) is 0 Å². The number of benzene rings is 1. The second-order valence-electron chi connectivity index (χ2n) is 5.67. The van der Waals surface area contributed by atoms with Gasteiger partial charge in [-0.3, -0.25) is 0 Å². The lowest BCUT2D eigenvalue weighted by atomic mass is 9.99. The Bertz CT molecular complexity index is 516. The molecule has 1 unspecified atom stereocenters. The minimum absolute atomic E-state index is 0.255. The van der Waals surface area contributed by atoms with Gasteiger partial charge in [0.25, 0.3) is 0 Å². The summed E-state index contributed by atoms with van der Waals surface area (Å²) < 4.78 is 26.4. The van der Waals surface area contributed by atoms with Gasteiger partial charge >= 0.3 is 0 Å². The van der Waals surface area contributed by atoms with E-state index in [1.165, 1.54) is 5.56 Å². The van der Waals surface area contributed by atoms with Crippen LogP contribution in [0.3, 0.4) is 0 Å². The van der Waals surface area contributed by atoms with E-state index in [9.17, 15) is 8.42 Å². The maximum absolute atomic E-state index is 12.3. The van der Waals surface area contributed by atoms with Gasteiger partial charge in [0.15, 0.2) is 0 Å². The van der Waals surface area contributed by atoms with Gasteiger partial charge in [-0.1, -0.05) is 37.3 Å². The Morgan fingerprint density at radius 2 is 2.00 bits per heavy atom. The molecular formula is C16H26N2O2S. The molecule has 5 heteroatoms. The summed E-state index contributed by atoms with van der Waals surface area (Å²) in [6.07, 6.45) is 2.70. The third-order valence-corrected chi connectivity index (χ3v) is 5.92. The van der Waals surface area contributed by atoms with Crippen molar-refractivity contribution in [2.45, 2.75) is 32.1 Å². The minimum atomic E-state index is -3.09. The van der Waals surface area contributed by atoms with E-state index in [-0.39, 0.29) is 5.75 Å². The average Bonchev–Trinajstić information content (AvgIpc) is 2.99. The topological polar surface area (TPSA) is 49.4 Å². The Kier molecular flexibility index (Phi) is 6.21. The molecule has 0 saturated carbocycles. The van der Waals surface area contributed by atoms with Gasteiger partial charge in [-0.2, -0.15) is 0 Å². The summed E-state index contributed by atoms with van der Waals surface area (Å²) in [5.41, 5.74) is 1.25. The number of hydrogen-bond donors (Lipinski definition) is 1. The molecule has 0 spiro atoms. The molecule has 0 aromatic heterocycles. The van der Waals surface area contributed by atoms with E-state index in [2.05, 4.69) is 24.4 Å². The lowest BCUT2D eigenvalue weighted by Gasteiger charge is -2.17. The normalized spacial score (nSPS) is 20.0. The van der Waals surface area contributed by atoms with Crippen molar-refractivity contribution >= 4 is 10.0 Å². The van der Waals surface area contributed by atoms with E-state index in [4.69, 9.17) is 0 Å². The highest BCUT2D eigenvalue weighted by molar-refractivity contribution is 7.89. The molecule has 118 valence electrons. The highest BCUT2D eigenvalue weighted by atomic mass is 32.2. The molecule has 1 fully saturated rings. The van der Waals surface area contributed by atoms with E-state index >= 15 is 0 Å². The van der Waals surface area contributed by atoms with Gasteiger partial charge in [0.2, 0.25) is 10.0 Å². The summed E-state index contributed by atoms with van der Waals surface area (Å²) in [4.78, 5) is 0. The first-order valence-corrected chi connectivity index (χ1v) is 9.48. The standard InChI is InChI=1S/C16H26N2O2S/c1-2-10-17-11-6-13-21(19,20)18-12-9-16(14-18)15-7-4-3-5-8-15/h3-5,7-8,16-17H,2,6,9-14H2,1H3. The molecule has 1 aromatic rings. The van der Waals surface area contributed by atoms with Gasteiger partial charge in [0, 0.05) is 13.1 Å². The summed E-state index contributed by atoms with van der Waals surface area (Å²) in [5.74, 6) is 0.602. The Balaban J connectivity index is 1.82. The van der Waals surface area contributed by atoms with Crippen molar-refractivity contribution in [2.24, 2.45) is 0 Å². The van der Waals surface area contributed by atoms with Crippen LogP contribution in [0.4, 0.5) is 0 Å². The molecule has 1 N–H and O–H groups in total. The van der Waals surface area contributed by atoms with E-state index in [0.717, 1.165) is 25.9 Å². The van der Waals surface area contributed by atoms with Gasteiger partial charge in [0.05, 0.1) is 5.75 Å². The quantitative estimate of drug-likeness (QED) is 0.749. The summed E-state index contributed by atoms with van der Waals surface area (Å²) in [6.45, 7) is 5.14. The predicted octanol–water partition coefficient (Wildman–Crippen LogP) is 2.20. The first kappa shape index (κ1) is 16.5. The van der Waals surface area contributed by atoms with Crippen LogP contribution in [-0.2, 0) is 10.0 Å². The number of sulfonamides is 1. The summed E-state index contributed by atoms with van der Waals surface area (Å²) in [7, 11) is -3.09. The van der Waals surface area contributed by atoms with Crippen LogP contribution < -0.4 is 5.32 Å². The van der Waals surface area contributed by atoms with Gasteiger partial charge in [0.1, 0.15) is 0 Å². The molecule has 21 heavy (non-hydrogen) atoms. The molecule has 0 radical (unpaired) electrons. The van der Waals surface area contributed by atoms with Crippen molar-refractivity contribution in [3.05, 3.63) is 35.9 Å². The van der Waals surface area contributed by atoms with Crippen LogP contribution in [0.1, 0.15) is 37.7 Å². The number of nitrogens with one attached hydrogen (secondary N) is 1. The number of rotatable bonds is 8. The average molecular weight is 310 g/mol. The van der Waals surface area contributed by atoms with Crippen LogP contribution in [0.25, 0.3) is 0 Å². The lowest BCUT2D eigenvalue weighted by Crippen LogP contribution is -2.32. The first-order chi connectivity index (χ1) is 10.1. The van der Waals surface area contributed by atoms with Crippen LogP contribution in [0.5, 0.6) is 0 Å². The van der Waals surface area contributed by atoms with Gasteiger partial charge in [-0.25, -0.2) is 12.7 Å². The molecule has 0 aliphatic carbocycles. The molecule has 1 atom stereocenters. The second-order valence-corrected chi connectivity index (χ2v) is 7.76. The van der Waals surface area contributed by atoms with Crippen LogP contribution in [0, 0.1) is 0 Å². The van der Waals surface area contributed by atoms with Crippen molar-refractivity contribution in [2.75, 3.05) is 31.9 Å². The molecule has 1 heterocycles. The third-order valence-electron chi connectivity index (χ3n) is 4.00. The SMILES string of the molecule is CCCNCCCS(=O)(=O)N1CCC(c2ccccc2)C1. The third kappa shape index (κ3) is 4.80. The molecule has 1 aromatic carbocycles. The minimum Gasteiger partial charge on any atom is -0.317 e. The molecule has 4 nitrogen and oxygen atoms in total. The Labute approximate surface area is 128 Å². The molecular weight excluding hydrogens is 284 g/mol. The van der Waals surface area contributed by atoms with E-state index < -0.39 is 10.0 Å². The highest BCUT2D eigenvalue weighted by Crippen LogP contribution is 2.28. The van der Waals surface area contributed by atoms with Gasteiger partial charge in [-0.05, 0) is 43.8 Å². The second kappa shape index (κ2) is 7.92. The van der Waals surface area contributed by atoms with Crippen molar-refractivity contribution in [1.29, 1.82) is 0 Å². The van der Waals surface area contributed by atoms with Crippen LogP contribution in [0.2, 0.25) is 0 Å². The van der Waals surface area contributed by atoms with Crippen LogP contribution in [-0.4, -0.2) is 44.7 Å². The van der Waals surface area contributed by atoms with Crippen LogP contribution >= 0.6 is 0 Å². The van der Waals surface area contributed by atoms with E-state index in [1.54, 1.807) is 4.31 Å². The Morgan fingerprint density at radius 3 is 2.71 bits per heavy atom. The van der Waals surface area contributed by atoms with Crippen LogP contribution in [0.15, 0.2) is 30.3 Å². The van der Waals surface area contributed by atoms with E-state index in [0.29, 0.717) is 25.4 Å². The zero-order valence-electron chi connectivity index (χ0n) is 12.8. The summed E-state index contributed by atoms with van der Waals surface area (Å²) >= 11 is 0. The zero-order valence-corrected chi connectivity index (χ0v) is 13.6. The van der Waals surface area contributed by atoms with Gasteiger partial charge < -0.3 is 5.32 Å². The molecule has 1 saturated heterocycles. The predicted molar refractivity (Wildman–Crippen MR) is 86.9 cm³/mol. The Hall–Kier alpha value is -0.910. The fourth-order valence-corrected chi connectivity index (χ4v) is 4.35. The maximum atomic E-state index is 12.3. The number of hydrogen-bond acceptors (Lipinski definition) is 3. The summed E-state index contributed by atoms with van der Waals surface area (Å²) in [5, 5.41) is 3.25.